The second-order valence-electron chi connectivity index (χ2n) is 5.49. The van der Waals surface area contributed by atoms with E-state index in [-0.39, 0.29) is 17.8 Å². The molecule has 0 aliphatic carbocycles. The lowest BCUT2D eigenvalue weighted by Crippen LogP contribution is -2.17. The monoisotopic (exact) mass is 372 g/mol. The van der Waals surface area contributed by atoms with Gasteiger partial charge in [0.15, 0.2) is 0 Å². The van der Waals surface area contributed by atoms with Crippen LogP contribution in [-0.2, 0) is 14.3 Å². The number of hydrogen-bond acceptors (Lipinski definition) is 5. The molecule has 2 N–H and O–H groups in total. The zero-order chi connectivity index (χ0) is 19.1. The van der Waals surface area contributed by atoms with E-state index < -0.39 is 5.25 Å². The van der Waals surface area contributed by atoms with Gasteiger partial charge in [-0.05, 0) is 43.3 Å². The minimum Gasteiger partial charge on any atom is -0.468 e. The third-order valence-corrected chi connectivity index (χ3v) is 4.59. The summed E-state index contributed by atoms with van der Waals surface area (Å²) >= 11 is 1.27. The first-order valence-electron chi connectivity index (χ1n) is 7.93. The minimum atomic E-state index is -0.425. The second-order valence-corrected chi connectivity index (χ2v) is 6.87. The topological polar surface area (TPSA) is 84.5 Å². The fourth-order valence-corrected chi connectivity index (χ4v) is 3.22. The summed E-state index contributed by atoms with van der Waals surface area (Å²) in [6.45, 7) is 3.16. The van der Waals surface area contributed by atoms with Crippen molar-refractivity contribution in [3.05, 3.63) is 54.1 Å². The summed E-state index contributed by atoms with van der Waals surface area (Å²) < 4.78 is 4.73. The van der Waals surface area contributed by atoms with Crippen LogP contribution in [0.4, 0.5) is 11.4 Å². The highest BCUT2D eigenvalue weighted by Gasteiger charge is 2.19. The molecule has 2 amide bonds. The summed E-state index contributed by atoms with van der Waals surface area (Å²) in [5, 5.41) is 5.05. The predicted molar refractivity (Wildman–Crippen MR) is 102 cm³/mol. The van der Waals surface area contributed by atoms with Crippen LogP contribution < -0.4 is 10.6 Å². The molecule has 0 aromatic heterocycles. The number of rotatable bonds is 6. The van der Waals surface area contributed by atoms with Crippen molar-refractivity contribution >= 4 is 40.9 Å². The van der Waals surface area contributed by atoms with Gasteiger partial charge in [0.2, 0.25) is 5.91 Å². The molecule has 0 saturated heterocycles. The van der Waals surface area contributed by atoms with Gasteiger partial charge in [0.05, 0.1) is 12.7 Å². The molecule has 2 rings (SSSR count). The van der Waals surface area contributed by atoms with Gasteiger partial charge in [-0.3, -0.25) is 14.4 Å². The van der Waals surface area contributed by atoms with Gasteiger partial charge in [-0.2, -0.15) is 0 Å². The number of amides is 2. The molecule has 0 saturated carbocycles. The molecule has 0 spiro atoms. The van der Waals surface area contributed by atoms with Crippen molar-refractivity contribution in [2.75, 3.05) is 17.7 Å². The Morgan fingerprint density at radius 3 is 2.12 bits per heavy atom. The molecule has 6 nitrogen and oxygen atoms in total. The Bertz CT molecular complexity index is 805. The third kappa shape index (κ3) is 5.35. The number of methoxy groups -OCH3 is 1. The van der Waals surface area contributed by atoms with E-state index in [0.717, 1.165) is 0 Å². The highest BCUT2D eigenvalue weighted by atomic mass is 32.2. The van der Waals surface area contributed by atoms with Gasteiger partial charge < -0.3 is 15.4 Å². The van der Waals surface area contributed by atoms with E-state index in [1.165, 1.54) is 25.8 Å². The van der Waals surface area contributed by atoms with E-state index in [1.807, 2.05) is 6.07 Å². The van der Waals surface area contributed by atoms with Gasteiger partial charge in [-0.15, -0.1) is 11.8 Å². The fraction of sp³-hybridized carbons (Fsp3) is 0.211. The summed E-state index contributed by atoms with van der Waals surface area (Å²) in [4.78, 5) is 36.0. The molecule has 0 fully saturated rings. The summed E-state index contributed by atoms with van der Waals surface area (Å²) in [5.41, 5.74) is 1.72. The molecule has 1 atom stereocenters. The van der Waals surface area contributed by atoms with Crippen molar-refractivity contribution in [3.63, 3.8) is 0 Å². The van der Waals surface area contributed by atoms with Crippen LogP contribution in [0.15, 0.2) is 53.4 Å². The minimum absolute atomic E-state index is 0.160. The molecular weight excluding hydrogens is 352 g/mol. The molecule has 0 heterocycles. The van der Waals surface area contributed by atoms with Crippen LogP contribution in [-0.4, -0.2) is 30.1 Å². The third-order valence-electron chi connectivity index (χ3n) is 3.43. The maximum atomic E-state index is 12.6. The number of hydrogen-bond donors (Lipinski definition) is 2. The van der Waals surface area contributed by atoms with Crippen LogP contribution in [0.25, 0.3) is 0 Å². The molecule has 0 aliphatic heterocycles. The van der Waals surface area contributed by atoms with Gasteiger partial charge >= 0.3 is 5.97 Å². The number of thioether (sulfide) groups is 1. The summed E-state index contributed by atoms with van der Waals surface area (Å²) in [7, 11) is 1.34. The lowest BCUT2D eigenvalue weighted by molar-refractivity contribution is -0.139. The number of carbonyl (C=O) groups excluding carboxylic acids is 3. The first-order chi connectivity index (χ1) is 12.4. The number of nitrogens with one attached hydrogen (secondary N) is 2. The zero-order valence-corrected chi connectivity index (χ0v) is 15.6. The SMILES string of the molecule is COC(=O)[C@@H](C)Sc1ccccc1C(=O)Nc1ccc(NC(C)=O)cc1. The molecule has 0 radical (unpaired) electrons. The highest BCUT2D eigenvalue weighted by Crippen LogP contribution is 2.28. The van der Waals surface area contributed by atoms with Gasteiger partial charge in [0, 0.05) is 23.2 Å². The Kier molecular flexibility index (Phi) is 6.80. The number of anilines is 2. The Morgan fingerprint density at radius 1 is 0.962 bits per heavy atom. The van der Waals surface area contributed by atoms with Crippen LogP contribution in [0.5, 0.6) is 0 Å². The second kappa shape index (κ2) is 9.05. The maximum absolute atomic E-state index is 12.6. The number of esters is 1. The standard InChI is InChI=1S/C19H20N2O4S/c1-12(19(24)25-3)26-17-7-5-4-6-16(17)18(23)21-15-10-8-14(9-11-15)20-13(2)22/h4-12H,1-3H3,(H,20,22)(H,21,23)/t12-/m1/s1. The van der Waals surface area contributed by atoms with Crippen molar-refractivity contribution in [1.82, 2.24) is 0 Å². The first-order valence-corrected chi connectivity index (χ1v) is 8.81. The average Bonchev–Trinajstić information content (AvgIpc) is 2.62. The van der Waals surface area contributed by atoms with E-state index in [1.54, 1.807) is 49.4 Å². The Labute approximate surface area is 156 Å². The van der Waals surface area contributed by atoms with Crippen molar-refractivity contribution in [2.45, 2.75) is 24.0 Å². The first kappa shape index (κ1) is 19.5. The van der Waals surface area contributed by atoms with Crippen molar-refractivity contribution in [2.24, 2.45) is 0 Å². The molecule has 7 heteroatoms. The lowest BCUT2D eigenvalue weighted by Gasteiger charge is -2.13. The van der Waals surface area contributed by atoms with Crippen LogP contribution in [0, 0.1) is 0 Å². The largest absolute Gasteiger partial charge is 0.468 e. The maximum Gasteiger partial charge on any atom is 0.318 e. The Balaban J connectivity index is 2.12. The van der Waals surface area contributed by atoms with Crippen molar-refractivity contribution in [3.8, 4) is 0 Å². The smallest absolute Gasteiger partial charge is 0.318 e. The Morgan fingerprint density at radius 2 is 1.54 bits per heavy atom. The van der Waals surface area contributed by atoms with E-state index >= 15 is 0 Å². The van der Waals surface area contributed by atoms with Gasteiger partial charge in [-0.1, -0.05) is 12.1 Å². The van der Waals surface area contributed by atoms with Gasteiger partial charge in [0.1, 0.15) is 5.25 Å². The molecule has 136 valence electrons. The molecular formula is C19H20N2O4S. The van der Waals surface area contributed by atoms with E-state index in [0.29, 0.717) is 21.8 Å². The lowest BCUT2D eigenvalue weighted by atomic mass is 10.2. The predicted octanol–water partition coefficient (Wildman–Crippen LogP) is 3.55. The summed E-state index contributed by atoms with van der Waals surface area (Å²) in [6, 6.07) is 13.9. The molecule has 0 unspecified atom stereocenters. The van der Waals surface area contributed by atoms with Gasteiger partial charge in [-0.25, -0.2) is 0 Å². The van der Waals surface area contributed by atoms with Crippen molar-refractivity contribution < 1.29 is 19.1 Å². The van der Waals surface area contributed by atoms with Crippen LogP contribution >= 0.6 is 11.8 Å². The molecule has 2 aromatic rings. The average molecular weight is 372 g/mol. The number of carbonyl (C=O) groups is 3. The summed E-state index contributed by atoms with van der Waals surface area (Å²) in [5.74, 6) is -0.788. The van der Waals surface area contributed by atoms with Crippen LogP contribution in [0.1, 0.15) is 24.2 Å². The van der Waals surface area contributed by atoms with Crippen LogP contribution in [0.2, 0.25) is 0 Å². The normalized spacial score (nSPS) is 11.3. The molecule has 2 aromatic carbocycles. The fourth-order valence-electron chi connectivity index (χ4n) is 2.20. The van der Waals surface area contributed by atoms with Crippen molar-refractivity contribution in [1.29, 1.82) is 0 Å². The highest BCUT2D eigenvalue weighted by molar-refractivity contribution is 8.00. The number of ether oxygens (including phenoxy) is 1. The van der Waals surface area contributed by atoms with Gasteiger partial charge in [0.25, 0.3) is 5.91 Å². The molecule has 26 heavy (non-hydrogen) atoms. The van der Waals surface area contributed by atoms with E-state index in [2.05, 4.69) is 10.6 Å². The van der Waals surface area contributed by atoms with E-state index in [9.17, 15) is 14.4 Å². The van der Waals surface area contributed by atoms with Crippen LogP contribution in [0.3, 0.4) is 0 Å². The van der Waals surface area contributed by atoms with E-state index in [4.69, 9.17) is 4.74 Å². The quantitative estimate of drug-likeness (QED) is 0.598. The number of benzene rings is 2. The molecule has 0 aliphatic rings. The Hall–Kier alpha value is -2.80. The molecule has 0 bridgehead atoms. The summed E-state index contributed by atoms with van der Waals surface area (Å²) in [6.07, 6.45) is 0. The zero-order valence-electron chi connectivity index (χ0n) is 14.7.